The van der Waals surface area contributed by atoms with E-state index in [2.05, 4.69) is 10.3 Å². The van der Waals surface area contributed by atoms with Crippen LogP contribution in [0.2, 0.25) is 0 Å². The van der Waals surface area contributed by atoms with E-state index < -0.39 is 23.9 Å². The molecular formula is C17H25N5O4. The summed E-state index contributed by atoms with van der Waals surface area (Å²) in [4.78, 5) is 43.0. The summed E-state index contributed by atoms with van der Waals surface area (Å²) in [5.41, 5.74) is 5.73. The van der Waals surface area contributed by atoms with Gasteiger partial charge in [0.05, 0.1) is 5.56 Å². The van der Waals surface area contributed by atoms with Gasteiger partial charge in [0, 0.05) is 32.4 Å². The maximum absolute atomic E-state index is 12.4. The Morgan fingerprint density at radius 2 is 1.96 bits per heavy atom. The lowest BCUT2D eigenvalue weighted by Gasteiger charge is -2.36. The Bertz CT molecular complexity index is 673. The van der Waals surface area contributed by atoms with Crippen molar-refractivity contribution in [2.24, 2.45) is 11.7 Å². The third-order valence-corrected chi connectivity index (χ3v) is 4.68. The molecule has 0 saturated carbocycles. The number of pyridine rings is 1. The van der Waals surface area contributed by atoms with Gasteiger partial charge in [-0.15, -0.1) is 0 Å². The van der Waals surface area contributed by atoms with Gasteiger partial charge in [-0.25, -0.2) is 14.6 Å². The highest BCUT2D eigenvalue weighted by atomic mass is 16.4. The lowest BCUT2D eigenvalue weighted by atomic mass is 9.99. The third kappa shape index (κ3) is 4.41. The van der Waals surface area contributed by atoms with Gasteiger partial charge in [-0.1, -0.05) is 20.3 Å². The zero-order chi connectivity index (χ0) is 19.3. The van der Waals surface area contributed by atoms with E-state index in [0.717, 1.165) is 0 Å². The van der Waals surface area contributed by atoms with E-state index in [9.17, 15) is 19.5 Å². The molecule has 1 aliphatic heterocycles. The highest BCUT2D eigenvalue weighted by molar-refractivity contribution is 5.97. The molecule has 0 aromatic carbocycles. The number of nitrogens with two attached hydrogens (primary N) is 1. The monoisotopic (exact) mass is 363 g/mol. The Morgan fingerprint density at radius 3 is 2.50 bits per heavy atom. The number of nitrogens with one attached hydrogen (secondary N) is 1. The number of carboxylic acids is 1. The molecule has 9 nitrogen and oxygen atoms in total. The van der Waals surface area contributed by atoms with Crippen molar-refractivity contribution in [1.82, 2.24) is 15.2 Å². The fourth-order valence-corrected chi connectivity index (χ4v) is 2.87. The van der Waals surface area contributed by atoms with Crippen LogP contribution in [0.25, 0.3) is 0 Å². The minimum atomic E-state index is -1.04. The molecule has 142 valence electrons. The molecule has 0 aliphatic carbocycles. The molecule has 2 atom stereocenters. The predicted octanol–water partition coefficient (Wildman–Crippen LogP) is 0.511. The largest absolute Gasteiger partial charge is 0.480 e. The SMILES string of the molecule is CC[C@H](C)[C@H](NC(=O)N1CCN(c2ncccc2C(N)=O)CC1)C(=O)O. The fourth-order valence-electron chi connectivity index (χ4n) is 2.87. The van der Waals surface area contributed by atoms with Gasteiger partial charge in [-0.3, -0.25) is 4.79 Å². The van der Waals surface area contributed by atoms with Gasteiger partial charge in [0.1, 0.15) is 11.9 Å². The average Bonchev–Trinajstić information content (AvgIpc) is 2.65. The quantitative estimate of drug-likeness (QED) is 0.675. The maximum atomic E-state index is 12.4. The number of hydrogen-bond acceptors (Lipinski definition) is 5. The van der Waals surface area contributed by atoms with Gasteiger partial charge < -0.3 is 26.0 Å². The molecule has 0 radical (unpaired) electrons. The standard InChI is InChI=1S/C17H25N5O4/c1-3-11(2)13(16(24)25)20-17(26)22-9-7-21(8-10-22)15-12(14(18)23)5-4-6-19-15/h4-6,11,13H,3,7-10H2,1-2H3,(H2,18,23)(H,20,26)(H,24,25)/t11-,13-/m0/s1. The number of primary amides is 1. The van der Waals surface area contributed by atoms with E-state index in [1.165, 1.54) is 0 Å². The molecule has 1 saturated heterocycles. The Hall–Kier alpha value is -2.84. The molecule has 0 spiro atoms. The number of aromatic nitrogens is 1. The lowest BCUT2D eigenvalue weighted by Crippen LogP contribution is -2.56. The second-order valence-corrected chi connectivity index (χ2v) is 6.36. The van der Waals surface area contributed by atoms with Crippen molar-refractivity contribution in [1.29, 1.82) is 0 Å². The van der Waals surface area contributed by atoms with Crippen molar-refractivity contribution in [3.05, 3.63) is 23.9 Å². The highest BCUT2D eigenvalue weighted by Crippen LogP contribution is 2.18. The normalized spacial score (nSPS) is 16.7. The molecule has 2 rings (SSSR count). The highest BCUT2D eigenvalue weighted by Gasteiger charge is 2.29. The summed E-state index contributed by atoms with van der Waals surface area (Å²) in [5, 5.41) is 11.9. The molecule has 0 unspecified atom stereocenters. The number of piperazine rings is 1. The van der Waals surface area contributed by atoms with Crippen LogP contribution >= 0.6 is 0 Å². The number of rotatable bonds is 6. The summed E-state index contributed by atoms with van der Waals surface area (Å²) < 4.78 is 0. The zero-order valence-corrected chi connectivity index (χ0v) is 15.0. The minimum Gasteiger partial charge on any atom is -0.480 e. The number of nitrogens with zero attached hydrogens (tertiary/aromatic N) is 3. The summed E-state index contributed by atoms with van der Waals surface area (Å²) in [6, 6.07) is 1.96. The fraction of sp³-hybridized carbons (Fsp3) is 0.529. The molecule has 0 bridgehead atoms. The van der Waals surface area contributed by atoms with Gasteiger partial charge in [-0.2, -0.15) is 0 Å². The van der Waals surface area contributed by atoms with Crippen LogP contribution in [0.3, 0.4) is 0 Å². The van der Waals surface area contributed by atoms with Crippen LogP contribution in [0.1, 0.15) is 30.6 Å². The second kappa shape index (κ2) is 8.50. The number of carbonyl (C=O) groups is 3. The number of aliphatic carboxylic acids is 1. The molecule has 3 amide bonds. The van der Waals surface area contributed by atoms with Crippen LogP contribution in [-0.4, -0.2) is 65.1 Å². The maximum Gasteiger partial charge on any atom is 0.326 e. The number of urea groups is 1. The molecule has 1 aliphatic rings. The minimum absolute atomic E-state index is 0.163. The van der Waals surface area contributed by atoms with Gasteiger partial charge in [-0.05, 0) is 18.1 Å². The Kier molecular flexibility index (Phi) is 6.37. The Balaban J connectivity index is 1.99. The lowest BCUT2D eigenvalue weighted by molar-refractivity contribution is -0.140. The summed E-state index contributed by atoms with van der Waals surface area (Å²) in [6.07, 6.45) is 2.24. The van der Waals surface area contributed by atoms with Crippen molar-refractivity contribution in [2.45, 2.75) is 26.3 Å². The van der Waals surface area contributed by atoms with Crippen LogP contribution in [0.4, 0.5) is 10.6 Å². The van der Waals surface area contributed by atoms with Crippen LogP contribution in [0, 0.1) is 5.92 Å². The molecule has 1 aromatic heterocycles. The number of amides is 3. The first-order chi connectivity index (χ1) is 12.3. The first-order valence-corrected chi connectivity index (χ1v) is 8.63. The molecular weight excluding hydrogens is 338 g/mol. The first-order valence-electron chi connectivity index (χ1n) is 8.63. The van der Waals surface area contributed by atoms with E-state index in [1.807, 2.05) is 11.8 Å². The van der Waals surface area contributed by atoms with Crippen molar-refractivity contribution < 1.29 is 19.5 Å². The predicted molar refractivity (Wildman–Crippen MR) is 96.0 cm³/mol. The number of anilines is 1. The van der Waals surface area contributed by atoms with Crippen LogP contribution in [0.15, 0.2) is 18.3 Å². The zero-order valence-electron chi connectivity index (χ0n) is 15.0. The Labute approximate surface area is 152 Å². The molecule has 1 aromatic rings. The number of carbonyl (C=O) groups excluding carboxylic acids is 2. The summed E-state index contributed by atoms with van der Waals surface area (Å²) >= 11 is 0. The topological polar surface area (TPSA) is 129 Å². The van der Waals surface area contributed by atoms with Gasteiger partial charge >= 0.3 is 12.0 Å². The van der Waals surface area contributed by atoms with Crippen molar-refractivity contribution in [3.8, 4) is 0 Å². The number of hydrogen-bond donors (Lipinski definition) is 3. The average molecular weight is 363 g/mol. The van der Waals surface area contributed by atoms with E-state index in [4.69, 9.17) is 5.73 Å². The van der Waals surface area contributed by atoms with E-state index in [1.54, 1.807) is 30.2 Å². The van der Waals surface area contributed by atoms with Crippen LogP contribution < -0.4 is 16.0 Å². The van der Waals surface area contributed by atoms with Crippen LogP contribution in [0.5, 0.6) is 0 Å². The molecule has 26 heavy (non-hydrogen) atoms. The van der Waals surface area contributed by atoms with E-state index in [0.29, 0.717) is 44.0 Å². The van der Waals surface area contributed by atoms with Gasteiger partial charge in [0.25, 0.3) is 5.91 Å². The summed E-state index contributed by atoms with van der Waals surface area (Å²) in [6.45, 7) is 5.43. The van der Waals surface area contributed by atoms with Crippen molar-refractivity contribution >= 4 is 23.7 Å². The molecule has 1 fully saturated rings. The van der Waals surface area contributed by atoms with Gasteiger partial charge in [0.15, 0.2) is 0 Å². The third-order valence-electron chi connectivity index (χ3n) is 4.68. The van der Waals surface area contributed by atoms with Crippen LogP contribution in [-0.2, 0) is 4.79 Å². The van der Waals surface area contributed by atoms with Crippen molar-refractivity contribution in [2.75, 3.05) is 31.1 Å². The second-order valence-electron chi connectivity index (χ2n) is 6.36. The Morgan fingerprint density at radius 1 is 1.31 bits per heavy atom. The molecule has 2 heterocycles. The molecule has 4 N–H and O–H groups in total. The van der Waals surface area contributed by atoms with E-state index in [-0.39, 0.29) is 5.92 Å². The van der Waals surface area contributed by atoms with Gasteiger partial charge in [0.2, 0.25) is 0 Å². The first kappa shape index (κ1) is 19.5. The summed E-state index contributed by atoms with van der Waals surface area (Å²) in [5.74, 6) is -1.25. The summed E-state index contributed by atoms with van der Waals surface area (Å²) in [7, 11) is 0. The number of carboxylic acid groups (broad SMARTS) is 1. The smallest absolute Gasteiger partial charge is 0.326 e. The van der Waals surface area contributed by atoms with Crippen molar-refractivity contribution in [3.63, 3.8) is 0 Å². The molecule has 9 heteroatoms. The van der Waals surface area contributed by atoms with E-state index >= 15 is 0 Å².